The molecule has 0 aromatic heterocycles. The van der Waals surface area contributed by atoms with Gasteiger partial charge in [0.25, 0.3) is 0 Å². The lowest BCUT2D eigenvalue weighted by atomic mass is 10.0. The molecule has 1 aliphatic heterocycles. The largest absolute Gasteiger partial charge is 0.370 e. The molecule has 1 saturated heterocycles. The van der Waals surface area contributed by atoms with Crippen LogP contribution in [0.25, 0.3) is 0 Å². The summed E-state index contributed by atoms with van der Waals surface area (Å²) in [7, 11) is -3.40. The van der Waals surface area contributed by atoms with Crippen molar-refractivity contribution in [2.24, 2.45) is 16.6 Å². The van der Waals surface area contributed by atoms with Crippen LogP contribution in [0.3, 0.4) is 0 Å². The predicted molar refractivity (Wildman–Crippen MR) is 117 cm³/mol. The number of hydrogen-bond acceptors (Lipinski definition) is 3. The SMILES string of the molecule is CCN(CC)C(N)=NCc1ccc(S(=O)(=O)N2CCCC(C)C2)cc1.I. The van der Waals surface area contributed by atoms with Crippen molar-refractivity contribution in [3.8, 4) is 0 Å². The molecule has 2 N–H and O–H groups in total. The van der Waals surface area contributed by atoms with E-state index in [0.29, 0.717) is 36.4 Å². The van der Waals surface area contributed by atoms with E-state index in [4.69, 9.17) is 5.73 Å². The van der Waals surface area contributed by atoms with Crippen LogP contribution in [0.4, 0.5) is 0 Å². The topological polar surface area (TPSA) is 79.0 Å². The highest BCUT2D eigenvalue weighted by Crippen LogP contribution is 2.23. The average Bonchev–Trinajstić information content (AvgIpc) is 2.61. The van der Waals surface area contributed by atoms with Gasteiger partial charge in [-0.15, -0.1) is 24.0 Å². The molecule has 8 heteroatoms. The maximum Gasteiger partial charge on any atom is 0.243 e. The van der Waals surface area contributed by atoms with Crippen molar-refractivity contribution in [2.75, 3.05) is 26.2 Å². The molecule has 1 aliphatic rings. The Morgan fingerprint density at radius 3 is 2.42 bits per heavy atom. The van der Waals surface area contributed by atoms with E-state index in [-0.39, 0.29) is 24.0 Å². The molecule has 0 bridgehead atoms. The second kappa shape index (κ2) is 10.5. The second-order valence-electron chi connectivity index (χ2n) is 6.60. The third kappa shape index (κ3) is 5.82. The Hall–Kier alpha value is -0.870. The van der Waals surface area contributed by atoms with Crippen LogP contribution >= 0.6 is 24.0 Å². The zero-order valence-corrected chi connectivity index (χ0v) is 19.0. The fourth-order valence-electron chi connectivity index (χ4n) is 3.10. The van der Waals surface area contributed by atoms with Gasteiger partial charge >= 0.3 is 0 Å². The van der Waals surface area contributed by atoms with Crippen molar-refractivity contribution in [3.63, 3.8) is 0 Å². The third-order valence-electron chi connectivity index (χ3n) is 4.69. The number of aliphatic imine (C=N–C) groups is 1. The van der Waals surface area contributed by atoms with E-state index >= 15 is 0 Å². The van der Waals surface area contributed by atoms with Crippen molar-refractivity contribution < 1.29 is 8.42 Å². The van der Waals surface area contributed by atoms with Gasteiger partial charge in [-0.05, 0) is 50.3 Å². The molecule has 0 spiro atoms. The van der Waals surface area contributed by atoms with E-state index in [1.54, 1.807) is 16.4 Å². The highest BCUT2D eigenvalue weighted by atomic mass is 127. The lowest BCUT2D eigenvalue weighted by Crippen LogP contribution is -2.39. The van der Waals surface area contributed by atoms with Gasteiger partial charge in [-0.3, -0.25) is 0 Å². The summed E-state index contributed by atoms with van der Waals surface area (Å²) in [4.78, 5) is 6.72. The maximum absolute atomic E-state index is 12.7. The zero-order chi connectivity index (χ0) is 18.4. The first kappa shape index (κ1) is 23.2. The normalized spacial score (nSPS) is 19.0. The first-order valence-corrected chi connectivity index (χ1v) is 10.5. The van der Waals surface area contributed by atoms with E-state index in [9.17, 15) is 8.42 Å². The fraction of sp³-hybridized carbons (Fsp3) is 0.611. The van der Waals surface area contributed by atoms with Crippen LogP contribution in [-0.2, 0) is 16.6 Å². The smallest absolute Gasteiger partial charge is 0.243 e. The molecule has 0 saturated carbocycles. The van der Waals surface area contributed by atoms with E-state index < -0.39 is 10.0 Å². The van der Waals surface area contributed by atoms with Gasteiger partial charge in [0.1, 0.15) is 0 Å². The average molecular weight is 494 g/mol. The van der Waals surface area contributed by atoms with Gasteiger partial charge in [0.2, 0.25) is 10.0 Å². The van der Waals surface area contributed by atoms with Gasteiger partial charge in [0, 0.05) is 26.2 Å². The summed E-state index contributed by atoms with van der Waals surface area (Å²) in [5, 5.41) is 0. The minimum Gasteiger partial charge on any atom is -0.370 e. The number of hydrogen-bond donors (Lipinski definition) is 1. The number of rotatable bonds is 6. The summed E-state index contributed by atoms with van der Waals surface area (Å²) < 4.78 is 27.1. The highest BCUT2D eigenvalue weighted by molar-refractivity contribution is 14.0. The van der Waals surface area contributed by atoms with Crippen LogP contribution in [0, 0.1) is 5.92 Å². The van der Waals surface area contributed by atoms with Crippen LogP contribution in [0.2, 0.25) is 0 Å². The molecule has 0 radical (unpaired) electrons. The second-order valence-corrected chi connectivity index (χ2v) is 8.54. The molecule has 2 rings (SSSR count). The van der Waals surface area contributed by atoms with Gasteiger partial charge in [-0.2, -0.15) is 4.31 Å². The number of guanidine groups is 1. The fourth-order valence-corrected chi connectivity index (χ4v) is 4.70. The van der Waals surface area contributed by atoms with Gasteiger partial charge in [0.05, 0.1) is 11.4 Å². The number of piperidine rings is 1. The minimum atomic E-state index is -3.40. The van der Waals surface area contributed by atoms with E-state index in [2.05, 4.69) is 11.9 Å². The van der Waals surface area contributed by atoms with Crippen molar-refractivity contribution in [1.29, 1.82) is 0 Å². The van der Waals surface area contributed by atoms with E-state index in [0.717, 1.165) is 31.5 Å². The van der Waals surface area contributed by atoms with Crippen LogP contribution in [0.15, 0.2) is 34.2 Å². The van der Waals surface area contributed by atoms with Crippen LogP contribution in [-0.4, -0.2) is 49.8 Å². The molecule has 1 aromatic carbocycles. The van der Waals surface area contributed by atoms with Gasteiger partial charge in [-0.25, -0.2) is 13.4 Å². The summed E-state index contributed by atoms with van der Waals surface area (Å²) in [6.07, 6.45) is 2.02. The molecule has 6 nitrogen and oxygen atoms in total. The number of benzene rings is 1. The summed E-state index contributed by atoms with van der Waals surface area (Å²) in [6, 6.07) is 6.98. The summed E-state index contributed by atoms with van der Waals surface area (Å²) in [5.41, 5.74) is 6.92. The Kier molecular flexibility index (Phi) is 9.32. The van der Waals surface area contributed by atoms with Crippen molar-refractivity contribution >= 4 is 40.0 Å². The standard InChI is InChI=1S/C18H30N4O2S.HI/c1-4-21(5-2)18(19)20-13-16-8-10-17(11-9-16)25(23,24)22-12-6-7-15(3)14-22;/h8-11,15H,4-7,12-14H2,1-3H3,(H2,19,20);1H. The van der Waals surface area contributed by atoms with Crippen LogP contribution in [0.5, 0.6) is 0 Å². The highest BCUT2D eigenvalue weighted by Gasteiger charge is 2.28. The number of sulfonamides is 1. The molecular formula is C18H31IN4O2S. The van der Waals surface area contributed by atoms with Gasteiger partial charge < -0.3 is 10.6 Å². The van der Waals surface area contributed by atoms with Crippen LogP contribution in [0.1, 0.15) is 39.2 Å². The Morgan fingerprint density at radius 2 is 1.88 bits per heavy atom. The number of nitrogens with zero attached hydrogens (tertiary/aromatic N) is 3. The third-order valence-corrected chi connectivity index (χ3v) is 6.57. The Morgan fingerprint density at radius 1 is 1.27 bits per heavy atom. The molecule has 0 amide bonds. The Labute approximate surface area is 174 Å². The lowest BCUT2D eigenvalue weighted by molar-refractivity contribution is 0.281. The molecule has 1 atom stereocenters. The molecule has 1 unspecified atom stereocenters. The molecule has 1 fully saturated rings. The van der Waals surface area contributed by atoms with Crippen molar-refractivity contribution in [2.45, 2.75) is 45.1 Å². The summed E-state index contributed by atoms with van der Waals surface area (Å²) >= 11 is 0. The molecule has 1 aromatic rings. The van der Waals surface area contributed by atoms with Crippen LogP contribution < -0.4 is 5.73 Å². The molecule has 26 heavy (non-hydrogen) atoms. The number of nitrogens with two attached hydrogens (primary N) is 1. The molecule has 1 heterocycles. The predicted octanol–water partition coefficient (Wildman–Crippen LogP) is 2.88. The quantitative estimate of drug-likeness (QED) is 0.375. The lowest BCUT2D eigenvalue weighted by Gasteiger charge is -2.30. The summed E-state index contributed by atoms with van der Waals surface area (Å²) in [6.45, 7) is 9.47. The Bertz CT molecular complexity index is 688. The summed E-state index contributed by atoms with van der Waals surface area (Å²) in [5.74, 6) is 0.934. The van der Waals surface area contributed by atoms with Crippen molar-refractivity contribution in [1.82, 2.24) is 9.21 Å². The molecule has 148 valence electrons. The number of halogens is 1. The zero-order valence-electron chi connectivity index (χ0n) is 15.9. The molecule has 0 aliphatic carbocycles. The first-order chi connectivity index (χ1) is 11.9. The minimum absolute atomic E-state index is 0. The monoisotopic (exact) mass is 494 g/mol. The maximum atomic E-state index is 12.7. The first-order valence-electron chi connectivity index (χ1n) is 9.02. The van der Waals surface area contributed by atoms with Gasteiger partial charge in [-0.1, -0.05) is 19.1 Å². The van der Waals surface area contributed by atoms with E-state index in [1.165, 1.54) is 0 Å². The molecular weight excluding hydrogens is 463 g/mol. The van der Waals surface area contributed by atoms with E-state index in [1.807, 2.05) is 30.9 Å². The van der Waals surface area contributed by atoms with Crippen molar-refractivity contribution in [3.05, 3.63) is 29.8 Å². The Balaban J connectivity index is 0.00000338. The van der Waals surface area contributed by atoms with Gasteiger partial charge in [0.15, 0.2) is 5.96 Å².